The fourth-order valence-corrected chi connectivity index (χ4v) is 1.37. The summed E-state index contributed by atoms with van der Waals surface area (Å²) in [6.07, 6.45) is -0.239. The number of rotatable bonds is 4. The summed E-state index contributed by atoms with van der Waals surface area (Å²) < 4.78 is 5.05. The summed E-state index contributed by atoms with van der Waals surface area (Å²) >= 11 is 5.93. The molecule has 1 rings (SSSR count). The number of anilines is 1. The van der Waals surface area contributed by atoms with Crippen molar-refractivity contribution in [1.82, 2.24) is 0 Å². The number of ether oxygens (including phenoxy) is 1. The Kier molecular flexibility index (Phi) is 5.52. The van der Waals surface area contributed by atoms with Crippen LogP contribution in [0.2, 0.25) is 5.02 Å². The lowest BCUT2D eigenvalue weighted by Crippen LogP contribution is -2.11. The van der Waals surface area contributed by atoms with Gasteiger partial charge in [0.1, 0.15) is 12.1 Å². The first-order chi connectivity index (χ1) is 9.47. The van der Waals surface area contributed by atoms with Crippen molar-refractivity contribution in [3.05, 3.63) is 28.8 Å². The number of nitriles is 2. The molecular formula is C13H11ClN4O2. The van der Waals surface area contributed by atoms with Crippen LogP contribution in [-0.4, -0.2) is 17.8 Å². The maximum Gasteiger partial charge on any atom is 0.338 e. The summed E-state index contributed by atoms with van der Waals surface area (Å²) in [5.74, 6) is -0.496. The molecule has 0 bridgehead atoms. The summed E-state index contributed by atoms with van der Waals surface area (Å²) in [6.45, 7) is 3.48. The van der Waals surface area contributed by atoms with Crippen LogP contribution < -0.4 is 5.43 Å². The van der Waals surface area contributed by atoms with Gasteiger partial charge in [-0.05, 0) is 32.0 Å². The van der Waals surface area contributed by atoms with Crippen LogP contribution in [0.15, 0.2) is 23.3 Å². The number of halogens is 1. The number of nitrogens with one attached hydrogen (secondary N) is 1. The van der Waals surface area contributed by atoms with Crippen molar-refractivity contribution < 1.29 is 9.53 Å². The van der Waals surface area contributed by atoms with E-state index in [1.54, 1.807) is 26.0 Å². The minimum Gasteiger partial charge on any atom is -0.459 e. The van der Waals surface area contributed by atoms with Gasteiger partial charge in [-0.15, -0.1) is 0 Å². The third-order valence-electron chi connectivity index (χ3n) is 2.04. The summed E-state index contributed by atoms with van der Waals surface area (Å²) in [5.41, 5.74) is 2.70. The van der Waals surface area contributed by atoms with Crippen molar-refractivity contribution in [2.24, 2.45) is 5.10 Å². The van der Waals surface area contributed by atoms with Crippen molar-refractivity contribution >= 4 is 29.0 Å². The first-order valence-electron chi connectivity index (χ1n) is 5.62. The molecule has 0 amide bonds. The molecule has 1 N–H and O–H groups in total. The number of nitrogens with zero attached hydrogens (tertiary/aromatic N) is 3. The van der Waals surface area contributed by atoms with E-state index in [9.17, 15) is 4.79 Å². The number of carbonyl (C=O) groups excluding carboxylic acids is 1. The smallest absolute Gasteiger partial charge is 0.338 e. The van der Waals surface area contributed by atoms with E-state index in [0.29, 0.717) is 10.7 Å². The number of hydrogen-bond donors (Lipinski definition) is 1. The van der Waals surface area contributed by atoms with Gasteiger partial charge < -0.3 is 4.74 Å². The van der Waals surface area contributed by atoms with Crippen LogP contribution in [0, 0.1) is 22.7 Å². The molecule has 0 aliphatic heterocycles. The van der Waals surface area contributed by atoms with E-state index in [0.717, 1.165) is 0 Å². The lowest BCUT2D eigenvalue weighted by atomic mass is 10.2. The molecule has 102 valence electrons. The zero-order valence-electron chi connectivity index (χ0n) is 10.8. The molecule has 0 saturated heterocycles. The molecule has 0 aliphatic rings. The molecule has 0 heterocycles. The van der Waals surface area contributed by atoms with Gasteiger partial charge in [-0.1, -0.05) is 11.6 Å². The minimum absolute atomic E-state index is 0.239. The van der Waals surface area contributed by atoms with Crippen molar-refractivity contribution in [1.29, 1.82) is 10.5 Å². The Balaban J connectivity index is 2.99. The topological polar surface area (TPSA) is 98.3 Å². The molecule has 0 fully saturated rings. The number of carbonyl (C=O) groups is 1. The van der Waals surface area contributed by atoms with Gasteiger partial charge >= 0.3 is 5.97 Å². The Morgan fingerprint density at radius 2 is 2.05 bits per heavy atom. The van der Waals surface area contributed by atoms with E-state index < -0.39 is 5.97 Å². The second-order valence-corrected chi connectivity index (χ2v) is 4.35. The predicted molar refractivity (Wildman–Crippen MR) is 74.3 cm³/mol. The van der Waals surface area contributed by atoms with E-state index >= 15 is 0 Å². The first-order valence-corrected chi connectivity index (χ1v) is 6.00. The van der Waals surface area contributed by atoms with Gasteiger partial charge in [0.2, 0.25) is 5.71 Å². The van der Waals surface area contributed by atoms with Crippen LogP contribution in [0.25, 0.3) is 0 Å². The summed E-state index contributed by atoms with van der Waals surface area (Å²) in [7, 11) is 0. The number of hydrazone groups is 1. The Labute approximate surface area is 121 Å². The quantitative estimate of drug-likeness (QED) is 0.522. The van der Waals surface area contributed by atoms with Gasteiger partial charge in [-0.3, -0.25) is 5.43 Å². The number of hydrogen-bond acceptors (Lipinski definition) is 6. The number of esters is 1. The number of benzene rings is 1. The van der Waals surface area contributed by atoms with Gasteiger partial charge in [0.25, 0.3) is 0 Å². The highest BCUT2D eigenvalue weighted by atomic mass is 35.5. The largest absolute Gasteiger partial charge is 0.459 e. The van der Waals surface area contributed by atoms with Gasteiger partial charge in [-0.2, -0.15) is 15.6 Å². The van der Waals surface area contributed by atoms with Crippen molar-refractivity contribution in [3.63, 3.8) is 0 Å². The van der Waals surface area contributed by atoms with Crippen molar-refractivity contribution in [2.75, 3.05) is 5.43 Å². The Morgan fingerprint density at radius 3 is 2.60 bits per heavy atom. The first kappa shape index (κ1) is 15.5. The van der Waals surface area contributed by atoms with E-state index in [-0.39, 0.29) is 17.4 Å². The summed E-state index contributed by atoms with van der Waals surface area (Å²) in [6, 6.07) is 7.63. The molecular weight excluding hydrogens is 280 g/mol. The zero-order valence-corrected chi connectivity index (χ0v) is 11.6. The molecule has 0 aromatic heterocycles. The standard InChI is InChI=1S/C13H11ClN4O2/c1-8(2)20-13(19)9-3-4-11(14)12(5-9)18-17-10(6-15)7-16/h3-5,8,18H,1-2H3. The zero-order chi connectivity index (χ0) is 15.1. The van der Waals surface area contributed by atoms with Gasteiger partial charge in [0.05, 0.1) is 22.4 Å². The van der Waals surface area contributed by atoms with E-state index in [1.807, 2.05) is 0 Å². The molecule has 0 saturated carbocycles. The summed E-state index contributed by atoms with van der Waals surface area (Å²) in [4.78, 5) is 11.7. The van der Waals surface area contributed by atoms with Crippen LogP contribution in [0.4, 0.5) is 5.69 Å². The molecule has 6 nitrogen and oxygen atoms in total. The molecule has 1 aromatic rings. The normalized spacial score (nSPS) is 9.30. The fourth-order valence-electron chi connectivity index (χ4n) is 1.21. The predicted octanol–water partition coefficient (Wildman–Crippen LogP) is 2.72. The highest BCUT2D eigenvalue weighted by Crippen LogP contribution is 2.23. The molecule has 0 aliphatic carbocycles. The molecule has 0 radical (unpaired) electrons. The lowest BCUT2D eigenvalue weighted by Gasteiger charge is -2.09. The maximum atomic E-state index is 11.7. The van der Waals surface area contributed by atoms with E-state index in [2.05, 4.69) is 10.5 Å². The molecule has 20 heavy (non-hydrogen) atoms. The Bertz CT molecular complexity index is 610. The second-order valence-electron chi connectivity index (χ2n) is 3.94. The van der Waals surface area contributed by atoms with Crippen LogP contribution in [0.1, 0.15) is 24.2 Å². The lowest BCUT2D eigenvalue weighted by molar-refractivity contribution is 0.0378. The van der Waals surface area contributed by atoms with Crippen molar-refractivity contribution in [3.8, 4) is 12.1 Å². The third kappa shape index (κ3) is 4.27. The van der Waals surface area contributed by atoms with Crippen molar-refractivity contribution in [2.45, 2.75) is 20.0 Å². The van der Waals surface area contributed by atoms with Crippen LogP contribution in [-0.2, 0) is 4.74 Å². The van der Waals surface area contributed by atoms with Gasteiger partial charge in [-0.25, -0.2) is 4.79 Å². The Morgan fingerprint density at radius 1 is 1.40 bits per heavy atom. The molecule has 0 atom stereocenters. The molecule has 0 unspecified atom stereocenters. The monoisotopic (exact) mass is 290 g/mol. The van der Waals surface area contributed by atoms with Crippen LogP contribution >= 0.6 is 11.6 Å². The van der Waals surface area contributed by atoms with Gasteiger partial charge in [0, 0.05) is 0 Å². The fraction of sp³-hybridized carbons (Fsp3) is 0.231. The van der Waals surface area contributed by atoms with E-state index in [4.69, 9.17) is 26.9 Å². The second kappa shape index (κ2) is 7.13. The maximum absolute atomic E-state index is 11.7. The van der Waals surface area contributed by atoms with Crippen LogP contribution in [0.3, 0.4) is 0 Å². The Hall–Kier alpha value is -2.57. The molecule has 7 heteroatoms. The molecule has 0 spiro atoms. The van der Waals surface area contributed by atoms with Crippen LogP contribution in [0.5, 0.6) is 0 Å². The van der Waals surface area contributed by atoms with Gasteiger partial charge in [0.15, 0.2) is 0 Å². The molecule has 1 aromatic carbocycles. The highest BCUT2D eigenvalue weighted by Gasteiger charge is 2.11. The summed E-state index contributed by atoms with van der Waals surface area (Å²) in [5, 5.41) is 21.0. The average Bonchev–Trinajstić information content (AvgIpc) is 2.40. The average molecular weight is 291 g/mol. The SMILES string of the molecule is CC(C)OC(=O)c1ccc(Cl)c(NN=C(C#N)C#N)c1. The highest BCUT2D eigenvalue weighted by molar-refractivity contribution is 6.33. The minimum atomic E-state index is -0.496. The van der Waals surface area contributed by atoms with E-state index in [1.165, 1.54) is 18.2 Å². The third-order valence-corrected chi connectivity index (χ3v) is 2.37.